The first-order valence-electron chi connectivity index (χ1n) is 27.2. The van der Waals surface area contributed by atoms with Gasteiger partial charge in [-0.1, -0.05) is 223 Å². The van der Waals surface area contributed by atoms with Gasteiger partial charge in [0.2, 0.25) is 0 Å². The van der Waals surface area contributed by atoms with Crippen molar-refractivity contribution in [2.45, 2.75) is 51.6 Å². The van der Waals surface area contributed by atoms with Crippen molar-refractivity contribution >= 4 is 52.6 Å². The lowest BCUT2D eigenvalue weighted by Gasteiger charge is -2.50. The van der Waals surface area contributed by atoms with Gasteiger partial charge in [-0.3, -0.25) is 0 Å². The van der Waals surface area contributed by atoms with Gasteiger partial charge >= 0.3 is 0 Å². The molecule has 0 fully saturated rings. The van der Waals surface area contributed by atoms with Gasteiger partial charge in [-0.25, -0.2) is 0 Å². The van der Waals surface area contributed by atoms with E-state index in [-0.39, 0.29) is 10.8 Å². The molecule has 3 heterocycles. The lowest BCUT2D eigenvalue weighted by atomic mass is 9.65. The second kappa shape index (κ2) is 17.7. The molecule has 14 rings (SSSR count). The predicted octanol–water partition coefficient (Wildman–Crippen LogP) is 19.0. The Bertz CT molecular complexity index is 3960. The van der Waals surface area contributed by atoms with Crippen molar-refractivity contribution in [3.05, 3.63) is 277 Å². The van der Waals surface area contributed by atoms with Crippen LogP contribution in [0.4, 0.5) is 34.1 Å². The third kappa shape index (κ3) is 7.51. The molecule has 77 heavy (non-hydrogen) atoms. The summed E-state index contributed by atoms with van der Waals surface area (Å²) in [5.74, 6) is 0. The van der Waals surface area contributed by atoms with Crippen molar-refractivity contribution in [1.29, 1.82) is 0 Å². The molecule has 0 radical (unpaired) electrons. The fourth-order valence-electron chi connectivity index (χ4n) is 13.1. The average molecular weight is 1010 g/mol. The van der Waals surface area contributed by atoms with Gasteiger partial charge < -0.3 is 9.80 Å². The van der Waals surface area contributed by atoms with Crippen molar-refractivity contribution < 1.29 is 0 Å². The third-order valence-corrected chi connectivity index (χ3v) is 21.0. The summed E-state index contributed by atoms with van der Waals surface area (Å²) in [6, 6.07) is 95.3. The Morgan fingerprint density at radius 1 is 0.299 bits per heavy atom. The van der Waals surface area contributed by atoms with E-state index in [2.05, 4.69) is 305 Å². The van der Waals surface area contributed by atoms with Crippen LogP contribution in [-0.4, -0.2) is 8.07 Å². The first kappa shape index (κ1) is 46.7. The molecule has 0 saturated carbocycles. The number of benzene rings is 11. The zero-order valence-electron chi connectivity index (χ0n) is 44.6. The molecule has 0 spiro atoms. The summed E-state index contributed by atoms with van der Waals surface area (Å²) >= 11 is 0. The quantitative estimate of drug-likeness (QED) is 0.140. The number of hydrogen-bond acceptors (Lipinski definition) is 2. The normalized spacial score (nSPS) is 14.6. The summed E-state index contributed by atoms with van der Waals surface area (Å²) in [5, 5.41) is 3.02. The van der Waals surface area contributed by atoms with E-state index >= 15 is 0 Å². The molecule has 3 heteroatoms. The van der Waals surface area contributed by atoms with Crippen molar-refractivity contribution in [3.8, 4) is 66.8 Å². The molecule has 0 saturated heterocycles. The lowest BCUT2D eigenvalue weighted by Crippen LogP contribution is -2.49. The predicted molar refractivity (Wildman–Crippen MR) is 329 cm³/mol. The smallest absolute Gasteiger partial charge is 0.113 e. The monoisotopic (exact) mass is 1000 g/mol. The molecular formula is C74H60N2Si. The molecule has 0 bridgehead atoms. The fraction of sp³-hybridized carbons (Fsp3) is 0.108. The molecule has 11 aromatic rings. The molecule has 0 N–H and O–H groups in total. The van der Waals surface area contributed by atoms with E-state index in [0.717, 1.165) is 11.4 Å². The lowest BCUT2D eigenvalue weighted by molar-refractivity contribution is 0.598. The summed E-state index contributed by atoms with van der Waals surface area (Å²) in [6.07, 6.45) is 0. The van der Waals surface area contributed by atoms with Crippen molar-refractivity contribution in [2.75, 3.05) is 9.80 Å². The van der Waals surface area contributed by atoms with Crippen LogP contribution in [0, 0.1) is 0 Å². The Hall–Kier alpha value is -8.76. The summed E-state index contributed by atoms with van der Waals surface area (Å²) in [5.41, 5.74) is 27.1. The third-order valence-electron chi connectivity index (χ3n) is 17.5. The maximum absolute atomic E-state index is 2.58. The molecule has 0 aliphatic carbocycles. The molecule has 2 nitrogen and oxygen atoms in total. The van der Waals surface area contributed by atoms with Gasteiger partial charge in [0.15, 0.2) is 0 Å². The van der Waals surface area contributed by atoms with Crippen LogP contribution < -0.4 is 20.2 Å². The largest absolute Gasteiger partial charge is 0.311 e. The minimum atomic E-state index is -1.91. The molecule has 3 aliphatic rings. The number of nitrogens with zero attached hydrogens (tertiary/aromatic N) is 2. The Morgan fingerprint density at radius 2 is 0.649 bits per heavy atom. The highest BCUT2D eigenvalue weighted by atomic mass is 28.3. The van der Waals surface area contributed by atoms with Gasteiger partial charge in [-0.2, -0.15) is 0 Å². The molecular weight excluding hydrogens is 945 g/mol. The first-order valence-corrected chi connectivity index (χ1v) is 30.2. The van der Waals surface area contributed by atoms with E-state index in [1.54, 1.807) is 0 Å². The van der Waals surface area contributed by atoms with E-state index in [1.807, 2.05) is 0 Å². The number of rotatable bonds is 8. The van der Waals surface area contributed by atoms with E-state index in [9.17, 15) is 0 Å². The highest BCUT2D eigenvalue weighted by Gasteiger charge is 2.46. The maximum Gasteiger partial charge on any atom is 0.113 e. The Labute approximate surface area is 455 Å². The van der Waals surface area contributed by atoms with Crippen molar-refractivity contribution in [2.24, 2.45) is 0 Å². The van der Waals surface area contributed by atoms with Crippen LogP contribution in [0.2, 0.25) is 13.1 Å². The standard InChI is InChI=1S/C74H60N2Si/c1-73(2)64-44-56(50-20-12-8-13-21-50)34-42-68(64)76-69-43-35-57(51-22-14-9-15-23-51)45-65(69)74(3,4)67-47-58(46-66(73)72(67)76)55-28-26-52(27-29-55)54-32-38-60(39-33-54)75(59-36-30-53(31-37-59)49-18-10-7-11-19-49)61-40-41-63-62-24-16-17-25-70(62)77(5,6)71(63)48-61/h7-48H,1-6H3. The van der Waals surface area contributed by atoms with Gasteiger partial charge in [0.1, 0.15) is 8.07 Å². The van der Waals surface area contributed by atoms with E-state index in [1.165, 1.54) is 122 Å². The van der Waals surface area contributed by atoms with Crippen LogP contribution in [0.3, 0.4) is 0 Å². The maximum atomic E-state index is 2.58. The van der Waals surface area contributed by atoms with Gasteiger partial charge in [0.05, 0.1) is 17.1 Å². The summed E-state index contributed by atoms with van der Waals surface area (Å²) in [4.78, 5) is 5.02. The topological polar surface area (TPSA) is 6.48 Å². The SMILES string of the molecule is CC1(C)c2cc(-c3ccccc3)ccc2N2c3ccc(-c4ccccc4)cc3C(C)(C)c3cc(-c4ccc(-c5ccc(N(c6ccc(-c7ccccc7)cc6)c6ccc7c(c6)[Si](C)(C)c6ccccc6-7)cc5)cc4)cc1c32. The second-order valence-corrected chi connectivity index (χ2v) is 27.3. The van der Waals surface area contributed by atoms with Gasteiger partial charge in [-0.05, 0) is 172 Å². The second-order valence-electron chi connectivity index (χ2n) is 23.0. The average Bonchev–Trinajstić information content (AvgIpc) is 3.86. The Morgan fingerprint density at radius 3 is 1.13 bits per heavy atom. The summed E-state index contributed by atoms with van der Waals surface area (Å²) in [7, 11) is -1.91. The number of hydrogen-bond donors (Lipinski definition) is 0. The first-order chi connectivity index (χ1) is 37.4. The molecule has 0 amide bonds. The highest BCUT2D eigenvalue weighted by Crippen LogP contribution is 2.61. The highest BCUT2D eigenvalue weighted by molar-refractivity contribution is 7.03. The van der Waals surface area contributed by atoms with Crippen LogP contribution >= 0.6 is 0 Å². The van der Waals surface area contributed by atoms with Gasteiger partial charge in [0, 0.05) is 27.9 Å². The molecule has 0 aromatic heterocycles. The van der Waals surface area contributed by atoms with Crippen LogP contribution in [-0.2, 0) is 10.8 Å². The zero-order chi connectivity index (χ0) is 52.2. The van der Waals surface area contributed by atoms with Gasteiger partial charge in [-0.15, -0.1) is 0 Å². The number of anilines is 6. The Kier molecular flexibility index (Phi) is 10.7. The van der Waals surface area contributed by atoms with E-state index < -0.39 is 8.07 Å². The molecule has 11 aromatic carbocycles. The fourth-order valence-corrected chi connectivity index (χ4v) is 16.2. The minimum Gasteiger partial charge on any atom is -0.311 e. The van der Waals surface area contributed by atoms with Crippen LogP contribution in [0.5, 0.6) is 0 Å². The van der Waals surface area contributed by atoms with Crippen LogP contribution in [0.15, 0.2) is 255 Å². The molecule has 0 atom stereocenters. The minimum absolute atomic E-state index is 0.281. The van der Waals surface area contributed by atoms with E-state index in [0.29, 0.717) is 0 Å². The molecule has 0 unspecified atom stereocenters. The summed E-state index contributed by atoms with van der Waals surface area (Å²) < 4.78 is 0. The molecule has 370 valence electrons. The summed E-state index contributed by atoms with van der Waals surface area (Å²) in [6.45, 7) is 14.7. The van der Waals surface area contributed by atoms with Crippen molar-refractivity contribution in [3.63, 3.8) is 0 Å². The van der Waals surface area contributed by atoms with E-state index in [4.69, 9.17) is 0 Å². The Balaban J connectivity index is 0.842. The number of fused-ring (bicyclic) bond motifs is 7. The molecule has 3 aliphatic heterocycles. The zero-order valence-corrected chi connectivity index (χ0v) is 45.6. The van der Waals surface area contributed by atoms with Crippen LogP contribution in [0.25, 0.3) is 66.8 Å². The van der Waals surface area contributed by atoms with Gasteiger partial charge in [0.25, 0.3) is 0 Å². The van der Waals surface area contributed by atoms with Crippen LogP contribution in [0.1, 0.15) is 49.9 Å². The van der Waals surface area contributed by atoms with Crippen molar-refractivity contribution in [1.82, 2.24) is 0 Å².